The topological polar surface area (TPSA) is 169 Å². The maximum Gasteiger partial charge on any atom is 1.00 e. The van der Waals surface area contributed by atoms with Gasteiger partial charge in [0.2, 0.25) is 0 Å². The van der Waals surface area contributed by atoms with Crippen LogP contribution in [0.15, 0.2) is 6.33 Å². The molecule has 11 nitrogen and oxygen atoms in total. The number of hydrogen-bond donors (Lipinski definition) is 5. The summed E-state index contributed by atoms with van der Waals surface area (Å²) in [6.07, 6.45) is -0.809. The van der Waals surface area contributed by atoms with E-state index in [-0.39, 0.29) is 46.6 Å². The molecule has 0 bridgehead atoms. The first-order valence-electron chi connectivity index (χ1n) is 6.50. The van der Waals surface area contributed by atoms with Crippen molar-refractivity contribution >= 4 is 37.2 Å². The van der Waals surface area contributed by atoms with Crippen LogP contribution in [-0.4, -0.2) is 53.2 Å². The van der Waals surface area contributed by atoms with Crippen molar-refractivity contribution in [2.24, 2.45) is 0 Å². The van der Waals surface area contributed by atoms with Crippen LogP contribution < -0.4 is 35.3 Å². The van der Waals surface area contributed by atoms with Crippen molar-refractivity contribution in [1.29, 1.82) is 0 Å². The van der Waals surface area contributed by atoms with E-state index in [0.29, 0.717) is 11.2 Å². The van der Waals surface area contributed by atoms with Crippen LogP contribution in [0, 0.1) is 4.64 Å². The Bertz CT molecular complexity index is 839. The molecule has 1 saturated heterocycles. The van der Waals surface area contributed by atoms with Gasteiger partial charge in [-0.3, -0.25) is 9.09 Å². The zero-order valence-electron chi connectivity index (χ0n) is 12.6. The average Bonchev–Trinajstić information content (AvgIpc) is 2.99. The number of imidazole rings is 1. The van der Waals surface area contributed by atoms with Crippen molar-refractivity contribution in [1.82, 2.24) is 19.5 Å². The molecule has 126 valence electrons. The van der Waals surface area contributed by atoms with E-state index in [2.05, 4.69) is 19.5 Å². The van der Waals surface area contributed by atoms with Crippen molar-refractivity contribution in [3.8, 4) is 0 Å². The normalized spacial score (nSPS) is 24.2. The molecule has 1 fully saturated rings. The number of nitrogens with one attached hydrogen (secondary N) is 1. The minimum absolute atomic E-state index is 0. The number of anilines is 1. The first kappa shape index (κ1) is 19.9. The molecular weight excluding hydrogens is 372 g/mol. The Labute approximate surface area is 162 Å². The van der Waals surface area contributed by atoms with E-state index >= 15 is 0 Å². The van der Waals surface area contributed by atoms with Crippen LogP contribution in [0.25, 0.3) is 11.2 Å². The summed E-state index contributed by atoms with van der Waals surface area (Å²) in [5.41, 5.74) is 6.55. The molecule has 3 unspecified atom stereocenters. The number of nitrogen functional groups attached to an aromatic ring is 1. The molecule has 1 aliphatic heterocycles. The summed E-state index contributed by atoms with van der Waals surface area (Å²) in [6, 6.07) is 0. The van der Waals surface area contributed by atoms with Gasteiger partial charge in [0.1, 0.15) is 23.5 Å². The summed E-state index contributed by atoms with van der Waals surface area (Å²) in [6.45, 7) is -0.436. The molecule has 0 aliphatic carbocycles. The summed E-state index contributed by atoms with van der Waals surface area (Å²) >= 11 is 5.07. The van der Waals surface area contributed by atoms with Gasteiger partial charge in [-0.1, -0.05) is 12.2 Å². The third-order valence-electron chi connectivity index (χ3n) is 3.39. The van der Waals surface area contributed by atoms with Gasteiger partial charge in [-0.2, -0.15) is 0 Å². The van der Waals surface area contributed by atoms with Gasteiger partial charge < -0.3 is 30.3 Å². The third-order valence-corrected chi connectivity index (χ3v) is 4.16. The molecule has 2 aromatic heterocycles. The summed E-state index contributed by atoms with van der Waals surface area (Å²) in [5.74, 6) is 0.115. The molecule has 24 heavy (non-hydrogen) atoms. The number of aromatic amines is 1. The molecule has 0 aromatic carbocycles. The predicted molar refractivity (Wildman–Crippen MR) is 79.7 cm³/mol. The number of nitrogens with zero attached hydrogens (tertiary/aromatic N) is 3. The fraction of sp³-hybridized carbons (Fsp3) is 0.500. The van der Waals surface area contributed by atoms with E-state index in [1.807, 2.05) is 0 Å². The molecular formula is C10H14N5NaO6PS+. The summed E-state index contributed by atoms with van der Waals surface area (Å²) in [7, 11) is -4.63. The first-order chi connectivity index (χ1) is 10.7. The molecule has 0 radical (unpaired) electrons. The van der Waals surface area contributed by atoms with Gasteiger partial charge in [0.25, 0.3) is 0 Å². The van der Waals surface area contributed by atoms with E-state index in [0.717, 1.165) is 0 Å². The average molecular weight is 386 g/mol. The van der Waals surface area contributed by atoms with Crippen molar-refractivity contribution in [2.45, 2.75) is 24.9 Å². The maximum absolute atomic E-state index is 10.7. The number of phosphoric ester groups is 1. The third kappa shape index (κ3) is 4.22. The maximum atomic E-state index is 10.7. The van der Waals surface area contributed by atoms with Gasteiger partial charge in [0.05, 0.1) is 19.0 Å². The van der Waals surface area contributed by atoms with Crippen molar-refractivity contribution in [3.05, 3.63) is 11.0 Å². The van der Waals surface area contributed by atoms with Crippen LogP contribution in [0.2, 0.25) is 0 Å². The van der Waals surface area contributed by atoms with E-state index < -0.39 is 32.9 Å². The van der Waals surface area contributed by atoms with Gasteiger partial charge in [-0.15, -0.1) is 0 Å². The Kier molecular flexibility index (Phi) is 6.19. The zero-order chi connectivity index (χ0) is 16.8. The number of hydrogen-bond acceptors (Lipinski definition) is 8. The molecule has 3 atom stereocenters. The van der Waals surface area contributed by atoms with Crippen LogP contribution >= 0.6 is 20.0 Å². The summed E-state index contributed by atoms with van der Waals surface area (Å²) in [4.78, 5) is 28.3. The van der Waals surface area contributed by atoms with Gasteiger partial charge in [0.15, 0.2) is 10.6 Å². The minimum atomic E-state index is -4.63. The fourth-order valence-corrected chi connectivity index (χ4v) is 2.97. The monoisotopic (exact) mass is 386 g/mol. The number of rotatable bonds is 4. The second-order valence-corrected chi connectivity index (χ2v) is 6.62. The molecule has 1 aliphatic rings. The van der Waals surface area contributed by atoms with Crippen LogP contribution in [0.5, 0.6) is 0 Å². The molecule has 0 saturated carbocycles. The zero-order valence-corrected chi connectivity index (χ0v) is 16.3. The molecule has 2 aromatic rings. The van der Waals surface area contributed by atoms with Gasteiger partial charge in [0, 0.05) is 6.42 Å². The van der Waals surface area contributed by atoms with E-state index in [9.17, 15) is 9.67 Å². The standard InChI is InChI=1S/C10H14N5O6PS.Na/c11-10-13-8-7(9(23)14-10)12-3-15(8)6-1-4(16)5(21-6)2-20-22(17,18)19;/h3-6,16H,1-2H2,(H2,17,18,19)(H3,11,13,14,23);/q;+1. The van der Waals surface area contributed by atoms with Gasteiger partial charge in [-0.25, -0.2) is 14.5 Å². The van der Waals surface area contributed by atoms with Crippen molar-refractivity contribution in [3.63, 3.8) is 0 Å². The number of phosphoric acid groups is 1. The second kappa shape index (κ2) is 7.46. The van der Waals surface area contributed by atoms with Crippen LogP contribution in [0.1, 0.15) is 12.6 Å². The van der Waals surface area contributed by atoms with Crippen LogP contribution in [-0.2, 0) is 13.8 Å². The molecule has 0 amide bonds. The van der Waals surface area contributed by atoms with Crippen molar-refractivity contribution < 1.29 is 58.3 Å². The van der Waals surface area contributed by atoms with Crippen molar-refractivity contribution in [2.75, 3.05) is 12.3 Å². The summed E-state index contributed by atoms with van der Waals surface area (Å²) in [5, 5.41) is 9.98. The molecule has 6 N–H and O–H groups in total. The smallest absolute Gasteiger partial charge is 0.390 e. The number of aliphatic hydroxyl groups excluding tert-OH is 1. The number of ether oxygens (including phenoxy) is 1. The largest absolute Gasteiger partial charge is 1.00 e. The van der Waals surface area contributed by atoms with Gasteiger partial charge in [-0.05, 0) is 0 Å². The fourth-order valence-electron chi connectivity index (χ4n) is 2.38. The van der Waals surface area contributed by atoms with E-state index in [1.165, 1.54) is 6.33 Å². The van der Waals surface area contributed by atoms with Gasteiger partial charge >= 0.3 is 37.4 Å². The Morgan fingerprint density at radius 2 is 2.29 bits per heavy atom. The van der Waals surface area contributed by atoms with E-state index in [1.54, 1.807) is 4.57 Å². The molecule has 0 spiro atoms. The quantitative estimate of drug-likeness (QED) is 0.205. The van der Waals surface area contributed by atoms with E-state index in [4.69, 9.17) is 32.5 Å². The number of aromatic nitrogens is 4. The predicted octanol–water partition coefficient (Wildman–Crippen LogP) is -3.17. The minimum Gasteiger partial charge on any atom is -0.390 e. The Balaban J connectivity index is 0.00000208. The number of H-pyrrole nitrogens is 1. The number of fused-ring (bicyclic) bond motifs is 1. The molecule has 3 heterocycles. The Hall–Kier alpha value is -0.400. The number of nitrogens with two attached hydrogens (primary N) is 1. The first-order valence-corrected chi connectivity index (χ1v) is 8.44. The Morgan fingerprint density at radius 1 is 1.58 bits per heavy atom. The van der Waals surface area contributed by atoms with Crippen LogP contribution in [0.3, 0.4) is 0 Å². The second-order valence-electron chi connectivity index (χ2n) is 4.99. The Morgan fingerprint density at radius 3 is 2.96 bits per heavy atom. The molecule has 3 rings (SSSR count). The SMILES string of the molecule is Nc1nc(=S)c2ncn(C3CC(O)C(COP(=O)(O)O)O3)c2[nH]1.[Na+]. The number of aliphatic hydroxyl groups is 1. The van der Waals surface area contributed by atoms with Crippen LogP contribution in [0.4, 0.5) is 5.95 Å². The molecule has 14 heteroatoms. The summed E-state index contributed by atoms with van der Waals surface area (Å²) < 4.78 is 22.5.